The Hall–Kier alpha value is -1.53. The first-order valence-corrected chi connectivity index (χ1v) is 7.92. The van der Waals surface area contributed by atoms with Crippen LogP contribution in [0.4, 0.5) is 4.39 Å². The SMILES string of the molecule is Cc1nc2c(F)cc(-c3nc(Cl)ncc3Br)cc2n1C(C)C. The highest BCUT2D eigenvalue weighted by Gasteiger charge is 2.17. The normalized spacial score (nSPS) is 11.6. The van der Waals surface area contributed by atoms with Crippen LogP contribution in [0.3, 0.4) is 0 Å². The lowest BCUT2D eigenvalue weighted by atomic mass is 10.1. The molecule has 0 saturated carbocycles. The molecule has 0 bridgehead atoms. The zero-order chi connectivity index (χ0) is 16.0. The van der Waals surface area contributed by atoms with E-state index < -0.39 is 0 Å². The first kappa shape index (κ1) is 15.4. The smallest absolute Gasteiger partial charge is 0.222 e. The van der Waals surface area contributed by atoms with Crippen LogP contribution >= 0.6 is 27.5 Å². The summed E-state index contributed by atoms with van der Waals surface area (Å²) in [6.45, 7) is 5.95. The Morgan fingerprint density at radius 1 is 1.27 bits per heavy atom. The molecule has 3 rings (SSSR count). The molecular formula is C15H13BrClFN4. The molecule has 0 atom stereocenters. The summed E-state index contributed by atoms with van der Waals surface area (Å²) in [5.41, 5.74) is 2.29. The van der Waals surface area contributed by atoms with E-state index in [-0.39, 0.29) is 17.1 Å². The minimum absolute atomic E-state index is 0.118. The van der Waals surface area contributed by atoms with E-state index in [0.717, 1.165) is 11.3 Å². The van der Waals surface area contributed by atoms with Crippen LogP contribution in [0.2, 0.25) is 5.28 Å². The third-order valence-corrected chi connectivity index (χ3v) is 4.19. The van der Waals surface area contributed by atoms with Crippen molar-refractivity contribution in [2.45, 2.75) is 26.8 Å². The first-order chi connectivity index (χ1) is 10.4. The van der Waals surface area contributed by atoms with Gasteiger partial charge >= 0.3 is 0 Å². The summed E-state index contributed by atoms with van der Waals surface area (Å²) < 4.78 is 17.1. The van der Waals surface area contributed by atoms with E-state index in [4.69, 9.17) is 11.6 Å². The Balaban J connectivity index is 2.32. The Labute approximate surface area is 140 Å². The summed E-state index contributed by atoms with van der Waals surface area (Å²) in [6, 6.07) is 3.47. The van der Waals surface area contributed by atoms with Crippen molar-refractivity contribution in [2.24, 2.45) is 0 Å². The quantitative estimate of drug-likeness (QED) is 0.589. The molecule has 0 amide bonds. The van der Waals surface area contributed by atoms with Gasteiger partial charge in [-0.05, 0) is 60.4 Å². The molecule has 0 radical (unpaired) electrons. The highest BCUT2D eigenvalue weighted by molar-refractivity contribution is 9.10. The number of aromatic nitrogens is 4. The highest BCUT2D eigenvalue weighted by Crippen LogP contribution is 2.32. The van der Waals surface area contributed by atoms with Gasteiger partial charge in [-0.2, -0.15) is 0 Å². The Bertz CT molecular complexity index is 876. The maximum atomic E-state index is 14.5. The number of imidazole rings is 1. The molecule has 0 aliphatic heterocycles. The average Bonchev–Trinajstić information content (AvgIpc) is 2.78. The number of nitrogens with zero attached hydrogens (tertiary/aromatic N) is 4. The molecule has 0 fully saturated rings. The summed E-state index contributed by atoms with van der Waals surface area (Å²) in [5.74, 6) is 0.400. The van der Waals surface area contributed by atoms with E-state index in [0.29, 0.717) is 21.2 Å². The van der Waals surface area contributed by atoms with Crippen molar-refractivity contribution in [1.82, 2.24) is 19.5 Å². The third-order valence-electron chi connectivity index (χ3n) is 3.43. The predicted octanol–water partition coefficient (Wildman–Crippen LogP) is 4.94. The molecule has 0 saturated heterocycles. The van der Waals surface area contributed by atoms with Crippen LogP contribution < -0.4 is 0 Å². The van der Waals surface area contributed by atoms with Crippen LogP contribution in [0.1, 0.15) is 25.7 Å². The largest absolute Gasteiger partial charge is 0.326 e. The van der Waals surface area contributed by atoms with E-state index in [1.807, 2.05) is 31.4 Å². The highest BCUT2D eigenvalue weighted by atomic mass is 79.9. The summed E-state index contributed by atoms with van der Waals surface area (Å²) >= 11 is 9.24. The maximum absolute atomic E-state index is 14.5. The topological polar surface area (TPSA) is 43.6 Å². The van der Waals surface area contributed by atoms with Crippen LogP contribution in [-0.2, 0) is 0 Å². The Kier molecular flexibility index (Phi) is 3.91. The van der Waals surface area contributed by atoms with E-state index >= 15 is 0 Å². The number of hydrogen-bond donors (Lipinski definition) is 0. The van der Waals surface area contributed by atoms with E-state index in [2.05, 4.69) is 30.9 Å². The van der Waals surface area contributed by atoms with Gasteiger partial charge in [0.15, 0.2) is 5.82 Å². The molecule has 0 aliphatic carbocycles. The number of fused-ring (bicyclic) bond motifs is 1. The third kappa shape index (κ3) is 2.50. The van der Waals surface area contributed by atoms with Crippen LogP contribution in [-0.4, -0.2) is 19.5 Å². The molecule has 2 aromatic heterocycles. The van der Waals surface area contributed by atoms with Gasteiger partial charge in [0.25, 0.3) is 0 Å². The molecule has 4 nitrogen and oxygen atoms in total. The Morgan fingerprint density at radius 2 is 2.00 bits per heavy atom. The van der Waals surface area contributed by atoms with Crippen LogP contribution in [0.25, 0.3) is 22.3 Å². The minimum Gasteiger partial charge on any atom is -0.326 e. The molecule has 22 heavy (non-hydrogen) atoms. The van der Waals surface area contributed by atoms with Crippen LogP contribution in [0, 0.1) is 12.7 Å². The fourth-order valence-corrected chi connectivity index (χ4v) is 3.16. The van der Waals surface area contributed by atoms with Gasteiger partial charge in [0, 0.05) is 17.8 Å². The number of rotatable bonds is 2. The van der Waals surface area contributed by atoms with Crippen LogP contribution in [0.5, 0.6) is 0 Å². The molecule has 2 heterocycles. The van der Waals surface area contributed by atoms with Gasteiger partial charge in [-0.1, -0.05) is 0 Å². The summed E-state index contributed by atoms with van der Waals surface area (Å²) in [4.78, 5) is 12.4. The number of halogens is 3. The van der Waals surface area contributed by atoms with Crippen molar-refractivity contribution in [2.75, 3.05) is 0 Å². The molecule has 114 valence electrons. The van der Waals surface area contributed by atoms with Gasteiger partial charge < -0.3 is 4.57 Å². The van der Waals surface area contributed by atoms with Gasteiger partial charge in [0.05, 0.1) is 15.7 Å². The molecule has 1 aromatic carbocycles. The zero-order valence-electron chi connectivity index (χ0n) is 12.2. The van der Waals surface area contributed by atoms with Gasteiger partial charge in [0.2, 0.25) is 5.28 Å². The zero-order valence-corrected chi connectivity index (χ0v) is 14.6. The molecule has 3 aromatic rings. The Morgan fingerprint density at radius 3 is 2.68 bits per heavy atom. The molecule has 0 unspecified atom stereocenters. The number of hydrogen-bond acceptors (Lipinski definition) is 3. The second kappa shape index (κ2) is 5.59. The van der Waals surface area contributed by atoms with Gasteiger partial charge in [-0.15, -0.1) is 0 Å². The van der Waals surface area contributed by atoms with E-state index in [9.17, 15) is 4.39 Å². The summed E-state index contributed by atoms with van der Waals surface area (Å²) in [6.07, 6.45) is 1.55. The lowest BCUT2D eigenvalue weighted by Gasteiger charge is -2.12. The summed E-state index contributed by atoms with van der Waals surface area (Å²) in [7, 11) is 0. The standard InChI is InChI=1S/C15H13BrClFN4/c1-7(2)22-8(3)20-14-11(18)4-9(5-12(14)22)13-10(16)6-19-15(17)21-13/h4-7H,1-3H3. The van der Waals surface area contributed by atoms with E-state index in [1.54, 1.807) is 6.20 Å². The number of aryl methyl sites for hydroxylation is 1. The van der Waals surface area contributed by atoms with Gasteiger partial charge in [0.1, 0.15) is 11.3 Å². The second-order valence-corrected chi connectivity index (χ2v) is 6.48. The lowest BCUT2D eigenvalue weighted by Crippen LogP contribution is -2.03. The molecule has 7 heteroatoms. The van der Waals surface area contributed by atoms with Crippen molar-refractivity contribution >= 4 is 38.6 Å². The van der Waals surface area contributed by atoms with E-state index in [1.165, 1.54) is 6.07 Å². The van der Waals surface area contributed by atoms with Crippen molar-refractivity contribution in [3.63, 3.8) is 0 Å². The fourth-order valence-electron chi connectivity index (χ4n) is 2.61. The van der Waals surface area contributed by atoms with Gasteiger partial charge in [-0.25, -0.2) is 19.3 Å². The van der Waals surface area contributed by atoms with Gasteiger partial charge in [-0.3, -0.25) is 0 Å². The van der Waals surface area contributed by atoms with Crippen molar-refractivity contribution in [3.05, 3.63) is 39.7 Å². The molecule has 0 spiro atoms. The van der Waals surface area contributed by atoms with Crippen molar-refractivity contribution in [3.8, 4) is 11.3 Å². The summed E-state index contributed by atoms with van der Waals surface area (Å²) in [5, 5.41) is 0.118. The first-order valence-electron chi connectivity index (χ1n) is 6.75. The second-order valence-electron chi connectivity index (χ2n) is 5.28. The van der Waals surface area contributed by atoms with Crippen molar-refractivity contribution in [1.29, 1.82) is 0 Å². The van der Waals surface area contributed by atoms with Crippen LogP contribution in [0.15, 0.2) is 22.8 Å². The lowest BCUT2D eigenvalue weighted by molar-refractivity contribution is 0.600. The fraction of sp³-hybridized carbons (Fsp3) is 0.267. The van der Waals surface area contributed by atoms with Crippen molar-refractivity contribution < 1.29 is 4.39 Å². The molecular weight excluding hydrogens is 371 g/mol. The molecule has 0 N–H and O–H groups in total. The number of benzene rings is 1. The minimum atomic E-state index is -0.378. The average molecular weight is 384 g/mol. The monoisotopic (exact) mass is 382 g/mol. The predicted molar refractivity (Wildman–Crippen MR) is 88.5 cm³/mol. The molecule has 0 aliphatic rings. The maximum Gasteiger partial charge on any atom is 0.222 e.